The summed E-state index contributed by atoms with van der Waals surface area (Å²) in [4.78, 5) is 11.1. The first-order chi connectivity index (χ1) is 7.66. The van der Waals surface area contributed by atoms with Crippen LogP contribution in [0.5, 0.6) is 0 Å². The lowest BCUT2D eigenvalue weighted by molar-refractivity contribution is 0.714. The van der Waals surface area contributed by atoms with Crippen molar-refractivity contribution in [2.24, 2.45) is 0 Å². The average molecular weight is 285 g/mol. The summed E-state index contributed by atoms with van der Waals surface area (Å²) in [5.41, 5.74) is 6.61. The first kappa shape index (κ1) is 11.6. The van der Waals surface area contributed by atoms with Crippen molar-refractivity contribution in [2.45, 2.75) is 37.6 Å². The van der Waals surface area contributed by atoms with Gasteiger partial charge in [0.15, 0.2) is 0 Å². The van der Waals surface area contributed by atoms with Crippen molar-refractivity contribution in [3.63, 3.8) is 0 Å². The zero-order valence-corrected chi connectivity index (χ0v) is 11.1. The summed E-state index contributed by atoms with van der Waals surface area (Å²) >= 11 is 3.72. The van der Waals surface area contributed by atoms with E-state index in [0.29, 0.717) is 10.9 Å². The molecule has 2 rings (SSSR count). The summed E-state index contributed by atoms with van der Waals surface area (Å²) in [7, 11) is 0. The maximum Gasteiger partial charge on any atom is 0.222 e. The molecular formula is C11H17BrN4. The quantitative estimate of drug-likeness (QED) is 0.636. The van der Waals surface area contributed by atoms with Crippen LogP contribution in [0.25, 0.3) is 0 Å². The van der Waals surface area contributed by atoms with Gasteiger partial charge in [-0.25, -0.2) is 4.98 Å². The van der Waals surface area contributed by atoms with Crippen LogP contribution in [0.4, 0.5) is 11.8 Å². The molecule has 1 aliphatic rings. The van der Waals surface area contributed by atoms with E-state index in [9.17, 15) is 0 Å². The van der Waals surface area contributed by atoms with E-state index in [0.717, 1.165) is 24.5 Å². The Labute approximate surface area is 104 Å². The van der Waals surface area contributed by atoms with E-state index in [2.05, 4.69) is 30.8 Å². The van der Waals surface area contributed by atoms with Crippen LogP contribution in [0.15, 0.2) is 6.07 Å². The van der Waals surface area contributed by atoms with Crippen LogP contribution in [0.3, 0.4) is 0 Å². The molecule has 5 heteroatoms. The largest absolute Gasteiger partial charge is 0.368 e. The van der Waals surface area contributed by atoms with Gasteiger partial charge >= 0.3 is 0 Å². The summed E-state index contributed by atoms with van der Waals surface area (Å²) in [6.07, 6.45) is 4.93. The molecule has 0 amide bonds. The van der Waals surface area contributed by atoms with Crippen LogP contribution in [0, 0.1) is 6.92 Å². The number of nitrogens with zero attached hydrogens (tertiary/aromatic N) is 3. The molecule has 0 saturated carbocycles. The Hall–Kier alpha value is -0.840. The molecule has 16 heavy (non-hydrogen) atoms. The van der Waals surface area contributed by atoms with Crippen molar-refractivity contribution in [1.29, 1.82) is 0 Å². The van der Waals surface area contributed by atoms with E-state index in [-0.39, 0.29) is 0 Å². The molecule has 4 nitrogen and oxygen atoms in total. The van der Waals surface area contributed by atoms with E-state index < -0.39 is 0 Å². The predicted molar refractivity (Wildman–Crippen MR) is 69.7 cm³/mol. The lowest BCUT2D eigenvalue weighted by atomic mass is 10.2. The van der Waals surface area contributed by atoms with Crippen molar-refractivity contribution in [1.82, 2.24) is 9.97 Å². The Kier molecular flexibility index (Phi) is 3.63. The molecule has 1 aliphatic heterocycles. The second kappa shape index (κ2) is 4.99. The second-order valence-electron chi connectivity index (χ2n) is 4.20. The molecule has 1 saturated heterocycles. The number of aryl methyl sites for hydroxylation is 1. The molecule has 0 bridgehead atoms. The van der Waals surface area contributed by atoms with Crippen molar-refractivity contribution < 1.29 is 0 Å². The van der Waals surface area contributed by atoms with Gasteiger partial charge in [-0.3, -0.25) is 0 Å². The van der Waals surface area contributed by atoms with Gasteiger partial charge in [-0.05, 0) is 19.8 Å². The Morgan fingerprint density at radius 3 is 2.94 bits per heavy atom. The minimum absolute atomic E-state index is 0.360. The minimum Gasteiger partial charge on any atom is -0.368 e. The monoisotopic (exact) mass is 284 g/mol. The number of hydrogen-bond acceptors (Lipinski definition) is 4. The summed E-state index contributed by atoms with van der Waals surface area (Å²) in [5, 5.41) is 0. The molecular weight excluding hydrogens is 268 g/mol. The number of anilines is 2. The molecule has 0 radical (unpaired) electrons. The molecule has 0 spiro atoms. The van der Waals surface area contributed by atoms with Crippen molar-refractivity contribution in [3.05, 3.63) is 11.8 Å². The first-order valence-electron chi connectivity index (χ1n) is 5.68. The minimum atomic E-state index is 0.360. The van der Waals surface area contributed by atoms with Crippen LogP contribution in [0.1, 0.15) is 31.4 Å². The predicted octanol–water partition coefficient (Wildman–Crippen LogP) is 2.47. The van der Waals surface area contributed by atoms with Crippen LogP contribution in [0.2, 0.25) is 0 Å². The fourth-order valence-electron chi connectivity index (χ4n) is 2.05. The number of nitrogen functional groups attached to an aromatic ring is 1. The standard InChI is InChI=1S/C11H17BrN4/c1-8-7-10(15-11(13)14-8)16-6-4-2-3-5-9(16)12/h7,9H,2-6H2,1H3,(H2,13,14,15). The normalized spacial score (nSPS) is 21.9. The Balaban J connectivity index is 2.26. The molecule has 1 unspecified atom stereocenters. The highest BCUT2D eigenvalue weighted by Gasteiger charge is 2.20. The summed E-state index contributed by atoms with van der Waals surface area (Å²) in [6, 6.07) is 2.00. The number of alkyl halides is 1. The maximum atomic E-state index is 5.69. The third-order valence-corrected chi connectivity index (χ3v) is 3.78. The van der Waals surface area contributed by atoms with E-state index >= 15 is 0 Å². The van der Waals surface area contributed by atoms with Gasteiger partial charge in [0.05, 0.1) is 4.95 Å². The third kappa shape index (κ3) is 2.64. The molecule has 1 aromatic rings. The van der Waals surface area contributed by atoms with Crippen LogP contribution in [-0.2, 0) is 0 Å². The highest BCUT2D eigenvalue weighted by Crippen LogP contribution is 2.26. The zero-order chi connectivity index (χ0) is 11.5. The number of aromatic nitrogens is 2. The van der Waals surface area contributed by atoms with E-state index in [1.54, 1.807) is 0 Å². The molecule has 2 heterocycles. The molecule has 88 valence electrons. The van der Waals surface area contributed by atoms with Gasteiger partial charge in [0.2, 0.25) is 5.95 Å². The second-order valence-corrected chi connectivity index (χ2v) is 5.26. The Bertz CT molecular complexity index is 349. The van der Waals surface area contributed by atoms with Crippen molar-refractivity contribution >= 4 is 27.7 Å². The smallest absolute Gasteiger partial charge is 0.222 e. The Morgan fingerprint density at radius 1 is 1.38 bits per heavy atom. The van der Waals surface area contributed by atoms with Crippen molar-refractivity contribution in [3.8, 4) is 0 Å². The highest BCUT2D eigenvalue weighted by molar-refractivity contribution is 9.09. The van der Waals surface area contributed by atoms with Gasteiger partial charge in [0.25, 0.3) is 0 Å². The van der Waals surface area contributed by atoms with Gasteiger partial charge in [0.1, 0.15) is 5.82 Å². The van der Waals surface area contributed by atoms with E-state index in [1.165, 1.54) is 19.3 Å². The van der Waals surface area contributed by atoms with Gasteiger partial charge in [-0.15, -0.1) is 0 Å². The van der Waals surface area contributed by atoms with Crippen LogP contribution >= 0.6 is 15.9 Å². The van der Waals surface area contributed by atoms with Crippen LogP contribution in [-0.4, -0.2) is 21.5 Å². The van der Waals surface area contributed by atoms with E-state index in [1.807, 2.05) is 13.0 Å². The summed E-state index contributed by atoms with van der Waals surface area (Å²) < 4.78 is 0. The van der Waals surface area contributed by atoms with Gasteiger partial charge < -0.3 is 10.6 Å². The molecule has 1 fully saturated rings. The number of rotatable bonds is 1. The fraction of sp³-hybridized carbons (Fsp3) is 0.636. The Morgan fingerprint density at radius 2 is 2.19 bits per heavy atom. The molecule has 1 atom stereocenters. The zero-order valence-electron chi connectivity index (χ0n) is 9.49. The molecule has 0 aromatic carbocycles. The summed E-state index contributed by atoms with van der Waals surface area (Å²) in [5.74, 6) is 1.30. The molecule has 2 N–H and O–H groups in total. The number of hydrogen-bond donors (Lipinski definition) is 1. The topological polar surface area (TPSA) is 55.0 Å². The van der Waals surface area contributed by atoms with Gasteiger partial charge in [0, 0.05) is 18.3 Å². The fourth-order valence-corrected chi connectivity index (χ4v) is 2.79. The molecule has 0 aliphatic carbocycles. The van der Waals surface area contributed by atoms with Gasteiger partial charge in [-0.2, -0.15) is 4.98 Å². The average Bonchev–Trinajstić information content (AvgIpc) is 2.41. The highest BCUT2D eigenvalue weighted by atomic mass is 79.9. The number of halogens is 1. The first-order valence-corrected chi connectivity index (χ1v) is 6.60. The lowest BCUT2D eigenvalue weighted by Crippen LogP contribution is -2.31. The maximum absolute atomic E-state index is 5.69. The lowest BCUT2D eigenvalue weighted by Gasteiger charge is -2.27. The van der Waals surface area contributed by atoms with Gasteiger partial charge in [-0.1, -0.05) is 28.8 Å². The SMILES string of the molecule is Cc1cc(N2CCCCCC2Br)nc(N)n1. The third-order valence-electron chi connectivity index (χ3n) is 2.83. The summed E-state index contributed by atoms with van der Waals surface area (Å²) in [6.45, 7) is 2.98. The van der Waals surface area contributed by atoms with Crippen LogP contribution < -0.4 is 10.6 Å². The number of nitrogens with two attached hydrogens (primary N) is 1. The molecule has 1 aromatic heterocycles. The van der Waals surface area contributed by atoms with Crippen molar-refractivity contribution in [2.75, 3.05) is 17.2 Å². The van der Waals surface area contributed by atoms with E-state index in [4.69, 9.17) is 5.73 Å².